The topological polar surface area (TPSA) is 41.4 Å². The number of hydrogen-bond acceptors (Lipinski definition) is 4. The molecule has 20 heavy (non-hydrogen) atoms. The molecule has 2 aliphatic rings. The third kappa shape index (κ3) is 2.08. The summed E-state index contributed by atoms with van der Waals surface area (Å²) in [6.45, 7) is 0.951. The van der Waals surface area contributed by atoms with Gasteiger partial charge in [-0.3, -0.25) is 0 Å². The van der Waals surface area contributed by atoms with Crippen LogP contribution in [0.25, 0.3) is 0 Å². The summed E-state index contributed by atoms with van der Waals surface area (Å²) in [5.41, 5.74) is 2.90. The lowest BCUT2D eigenvalue weighted by Gasteiger charge is -2.32. The van der Waals surface area contributed by atoms with Gasteiger partial charge >= 0.3 is 0 Å². The first-order chi connectivity index (χ1) is 9.90. The smallest absolute Gasteiger partial charge is 0.177 e. The van der Waals surface area contributed by atoms with Crippen molar-refractivity contribution >= 4 is 22.7 Å². The van der Waals surface area contributed by atoms with Crippen LogP contribution >= 0.6 is 11.8 Å². The number of thioether (sulfide) groups is 1. The molecule has 0 spiro atoms. The summed E-state index contributed by atoms with van der Waals surface area (Å²) in [4.78, 5) is 7.05. The maximum atomic E-state index is 4.65. The van der Waals surface area contributed by atoms with E-state index in [9.17, 15) is 0 Å². The fourth-order valence-corrected chi connectivity index (χ4v) is 3.94. The Balaban J connectivity index is 1.65. The third-order valence-electron chi connectivity index (χ3n) is 3.77. The molecule has 2 aliphatic heterocycles. The van der Waals surface area contributed by atoms with Gasteiger partial charge in [0.15, 0.2) is 11.0 Å². The Bertz CT molecular complexity index is 656. The second-order valence-electron chi connectivity index (χ2n) is 5.04. The van der Waals surface area contributed by atoms with Gasteiger partial charge in [0.05, 0.1) is 0 Å². The van der Waals surface area contributed by atoms with E-state index in [2.05, 4.69) is 44.4 Å². The molecule has 0 radical (unpaired) electrons. The van der Waals surface area contributed by atoms with Gasteiger partial charge in [0.25, 0.3) is 0 Å². The van der Waals surface area contributed by atoms with E-state index in [-0.39, 0.29) is 0 Å². The molecular weight excluding hydrogens is 268 g/mol. The average Bonchev–Trinajstić information content (AvgIpc) is 2.88. The molecule has 3 heterocycles. The molecular formula is C15H14N4S. The van der Waals surface area contributed by atoms with Gasteiger partial charge in [-0.25, -0.2) is 4.99 Å². The Kier molecular flexibility index (Phi) is 2.92. The van der Waals surface area contributed by atoms with Gasteiger partial charge in [-0.15, -0.1) is 5.10 Å². The van der Waals surface area contributed by atoms with Gasteiger partial charge in [0, 0.05) is 24.5 Å². The number of nitrogens with zero attached hydrogens (tertiary/aromatic N) is 4. The van der Waals surface area contributed by atoms with Crippen LogP contribution in [0.3, 0.4) is 0 Å². The number of aromatic nitrogens is 2. The van der Waals surface area contributed by atoms with E-state index in [1.165, 1.54) is 11.1 Å². The molecule has 4 rings (SSSR count). The monoisotopic (exact) mass is 282 g/mol. The predicted octanol–water partition coefficient (Wildman–Crippen LogP) is 2.64. The summed E-state index contributed by atoms with van der Waals surface area (Å²) in [5, 5.41) is 9.00. The lowest BCUT2D eigenvalue weighted by atomic mass is 9.95. The minimum atomic E-state index is 0.560. The molecule has 1 aromatic carbocycles. The van der Waals surface area contributed by atoms with Crippen LogP contribution in [-0.4, -0.2) is 32.1 Å². The zero-order chi connectivity index (χ0) is 13.4. The van der Waals surface area contributed by atoms with Gasteiger partial charge in [-0.1, -0.05) is 36.0 Å². The number of aliphatic imine (C=N–C) groups is 1. The van der Waals surface area contributed by atoms with E-state index in [0.717, 1.165) is 23.9 Å². The molecule has 0 amide bonds. The van der Waals surface area contributed by atoms with E-state index < -0.39 is 0 Å². The number of benzene rings is 1. The zero-order valence-electron chi connectivity index (χ0n) is 10.9. The number of hydrogen-bond donors (Lipinski definition) is 0. The van der Waals surface area contributed by atoms with E-state index in [1.54, 1.807) is 6.20 Å². The van der Waals surface area contributed by atoms with Gasteiger partial charge in [-0.05, 0) is 29.7 Å². The summed E-state index contributed by atoms with van der Waals surface area (Å²) in [6, 6.07) is 13.0. The largest absolute Gasteiger partial charge is 0.343 e. The van der Waals surface area contributed by atoms with Crippen molar-refractivity contribution in [1.29, 1.82) is 0 Å². The van der Waals surface area contributed by atoms with Crippen molar-refractivity contribution in [3.05, 3.63) is 53.7 Å². The summed E-state index contributed by atoms with van der Waals surface area (Å²) in [5.74, 6) is 1.79. The molecule has 1 fully saturated rings. The van der Waals surface area contributed by atoms with E-state index in [0.29, 0.717) is 11.9 Å². The Morgan fingerprint density at radius 1 is 1.15 bits per heavy atom. The molecule has 100 valence electrons. The van der Waals surface area contributed by atoms with Crippen LogP contribution in [0.4, 0.5) is 5.82 Å². The number of rotatable bonds is 1. The maximum absolute atomic E-state index is 4.65. The number of fused-ring (bicyclic) bond motifs is 2. The molecule has 0 bridgehead atoms. The highest BCUT2D eigenvalue weighted by Gasteiger charge is 2.34. The summed E-state index contributed by atoms with van der Waals surface area (Å²) < 4.78 is 0. The lowest BCUT2D eigenvalue weighted by molar-refractivity contribution is 0.320. The van der Waals surface area contributed by atoms with Crippen LogP contribution in [0.15, 0.2) is 47.6 Å². The van der Waals surface area contributed by atoms with Crippen LogP contribution < -0.4 is 0 Å². The Morgan fingerprint density at radius 3 is 2.90 bits per heavy atom. The molecule has 1 atom stereocenters. The van der Waals surface area contributed by atoms with Crippen molar-refractivity contribution in [2.75, 3.05) is 5.75 Å². The Labute approximate surface area is 121 Å². The first kappa shape index (κ1) is 11.9. The van der Waals surface area contributed by atoms with Crippen LogP contribution in [0, 0.1) is 0 Å². The van der Waals surface area contributed by atoms with Crippen molar-refractivity contribution in [3.8, 4) is 0 Å². The van der Waals surface area contributed by atoms with E-state index in [4.69, 9.17) is 0 Å². The maximum Gasteiger partial charge on any atom is 0.177 e. The summed E-state index contributed by atoms with van der Waals surface area (Å²) in [6.07, 6.45) is 2.79. The molecule has 2 aromatic rings. The van der Waals surface area contributed by atoms with Crippen molar-refractivity contribution in [1.82, 2.24) is 15.1 Å². The van der Waals surface area contributed by atoms with Crippen LogP contribution in [-0.2, 0) is 13.0 Å². The molecule has 5 heteroatoms. The first-order valence-corrected chi connectivity index (χ1v) is 7.71. The standard InChI is InChI=1S/C15H14N4S/c1-2-5-12-9-19-13(8-11(12)4-1)10-20-15(19)17-14-6-3-7-16-18-14/h1-7,13H,8-10H2/b17-15-/t13-/m0/s1. The fraction of sp³-hybridized carbons (Fsp3) is 0.267. The van der Waals surface area contributed by atoms with Crippen molar-refractivity contribution in [2.45, 2.75) is 19.0 Å². The Morgan fingerprint density at radius 2 is 2.05 bits per heavy atom. The minimum Gasteiger partial charge on any atom is -0.343 e. The molecule has 0 N–H and O–H groups in total. The SMILES string of the molecule is c1cnnc(/N=C2\SC[C@@H]3Cc4ccccc4CN23)c1. The van der Waals surface area contributed by atoms with Gasteiger partial charge in [0.2, 0.25) is 0 Å². The molecule has 0 aliphatic carbocycles. The highest BCUT2D eigenvalue weighted by atomic mass is 32.2. The average molecular weight is 282 g/mol. The van der Waals surface area contributed by atoms with Crippen molar-refractivity contribution < 1.29 is 0 Å². The Hall–Kier alpha value is -1.88. The molecule has 0 unspecified atom stereocenters. The highest BCUT2D eigenvalue weighted by molar-refractivity contribution is 8.14. The third-order valence-corrected chi connectivity index (χ3v) is 4.91. The van der Waals surface area contributed by atoms with E-state index >= 15 is 0 Å². The molecule has 4 nitrogen and oxygen atoms in total. The minimum absolute atomic E-state index is 0.560. The quantitative estimate of drug-likeness (QED) is 0.806. The van der Waals surface area contributed by atoms with Gasteiger partial charge < -0.3 is 4.90 Å². The van der Waals surface area contributed by atoms with Crippen molar-refractivity contribution in [3.63, 3.8) is 0 Å². The molecule has 1 saturated heterocycles. The highest BCUT2D eigenvalue weighted by Crippen LogP contribution is 2.34. The van der Waals surface area contributed by atoms with Crippen LogP contribution in [0.2, 0.25) is 0 Å². The normalized spacial score (nSPS) is 22.7. The first-order valence-electron chi connectivity index (χ1n) is 6.73. The molecule has 0 saturated carbocycles. The summed E-state index contributed by atoms with van der Waals surface area (Å²) >= 11 is 1.82. The van der Waals surface area contributed by atoms with Crippen molar-refractivity contribution in [2.24, 2.45) is 4.99 Å². The molecule has 1 aromatic heterocycles. The van der Waals surface area contributed by atoms with Crippen LogP contribution in [0.5, 0.6) is 0 Å². The van der Waals surface area contributed by atoms with Gasteiger partial charge in [-0.2, -0.15) is 5.10 Å². The zero-order valence-corrected chi connectivity index (χ0v) is 11.8. The predicted molar refractivity (Wildman–Crippen MR) is 81.1 cm³/mol. The summed E-state index contributed by atoms with van der Waals surface area (Å²) in [7, 11) is 0. The van der Waals surface area contributed by atoms with Gasteiger partial charge in [0.1, 0.15) is 0 Å². The van der Waals surface area contributed by atoms with E-state index in [1.807, 2.05) is 23.9 Å². The second kappa shape index (κ2) is 4.90. The number of amidine groups is 1. The lowest BCUT2D eigenvalue weighted by Crippen LogP contribution is -2.38. The van der Waals surface area contributed by atoms with Crippen LogP contribution in [0.1, 0.15) is 11.1 Å². The fourth-order valence-electron chi connectivity index (χ4n) is 2.76. The second-order valence-corrected chi connectivity index (χ2v) is 6.03.